The molecule has 2 heterocycles. The Morgan fingerprint density at radius 2 is 2.12 bits per heavy atom. The van der Waals surface area contributed by atoms with Crippen LogP contribution in [0.25, 0.3) is 11.6 Å². The minimum atomic E-state index is -0.478. The van der Waals surface area contributed by atoms with Crippen molar-refractivity contribution >= 4 is 15.9 Å². The Bertz CT molecular complexity index is 830. The summed E-state index contributed by atoms with van der Waals surface area (Å²) in [5.74, 6) is 2.84. The number of rotatable bonds is 6. The Morgan fingerprint density at radius 3 is 2.79 bits per heavy atom. The van der Waals surface area contributed by atoms with Crippen LogP contribution in [0.2, 0.25) is 0 Å². The van der Waals surface area contributed by atoms with Crippen LogP contribution in [-0.4, -0.2) is 28.9 Å². The van der Waals surface area contributed by atoms with Gasteiger partial charge < -0.3 is 19.6 Å². The minimum Gasteiger partial charge on any atom is -0.493 e. The van der Waals surface area contributed by atoms with E-state index < -0.39 is 6.04 Å². The lowest BCUT2D eigenvalue weighted by Gasteiger charge is -2.13. The molecule has 24 heavy (non-hydrogen) atoms. The number of aromatic nitrogens is 3. The van der Waals surface area contributed by atoms with E-state index in [-0.39, 0.29) is 0 Å². The zero-order valence-electron chi connectivity index (χ0n) is 13.2. The van der Waals surface area contributed by atoms with E-state index >= 15 is 0 Å². The van der Waals surface area contributed by atoms with Gasteiger partial charge in [-0.25, -0.2) is 4.98 Å². The molecule has 8 heteroatoms. The quantitative estimate of drug-likeness (QED) is 0.667. The highest BCUT2D eigenvalue weighted by Crippen LogP contribution is 2.31. The number of methoxy groups -OCH3 is 1. The molecule has 1 atom stereocenters. The molecular formula is C16H17BrN4O3. The molecule has 0 unspecified atom stereocenters. The minimum absolute atomic E-state index is 0.448. The van der Waals surface area contributed by atoms with Crippen LogP contribution in [0.15, 0.2) is 39.4 Å². The Labute approximate surface area is 147 Å². The molecule has 0 saturated carbocycles. The molecule has 7 nitrogen and oxygen atoms in total. The van der Waals surface area contributed by atoms with E-state index in [1.807, 2.05) is 25.1 Å². The Hall–Kier alpha value is -2.32. The Morgan fingerprint density at radius 1 is 1.29 bits per heavy atom. The number of hydrogen-bond acceptors (Lipinski definition) is 6. The third kappa shape index (κ3) is 3.29. The van der Waals surface area contributed by atoms with Crippen molar-refractivity contribution < 1.29 is 13.9 Å². The molecule has 1 aromatic carbocycles. The van der Waals surface area contributed by atoms with Gasteiger partial charge in [-0.2, -0.15) is 0 Å². The lowest BCUT2D eigenvalue weighted by atomic mass is 10.1. The van der Waals surface area contributed by atoms with E-state index in [0.717, 1.165) is 5.56 Å². The monoisotopic (exact) mass is 392 g/mol. The maximum absolute atomic E-state index is 6.29. The maximum atomic E-state index is 6.29. The topological polar surface area (TPSA) is 99.2 Å². The van der Waals surface area contributed by atoms with E-state index in [0.29, 0.717) is 40.2 Å². The van der Waals surface area contributed by atoms with Crippen LogP contribution < -0.4 is 15.2 Å². The summed E-state index contributed by atoms with van der Waals surface area (Å²) < 4.78 is 16.9. The Kier molecular flexibility index (Phi) is 4.86. The molecule has 0 radical (unpaired) electrons. The van der Waals surface area contributed by atoms with Gasteiger partial charge in [0, 0.05) is 0 Å². The van der Waals surface area contributed by atoms with Crippen molar-refractivity contribution in [2.24, 2.45) is 5.73 Å². The molecule has 3 aromatic rings. The SMILES string of the molecule is CCOc1ccc([C@H](N)c2nc(-c3ccc(Br)o3)n[nH]2)cc1OC. The van der Waals surface area contributed by atoms with Crippen molar-refractivity contribution in [3.05, 3.63) is 46.4 Å². The fourth-order valence-electron chi connectivity index (χ4n) is 2.27. The number of aromatic amines is 1. The van der Waals surface area contributed by atoms with Crippen LogP contribution >= 0.6 is 15.9 Å². The molecule has 3 rings (SSSR count). The fraction of sp³-hybridized carbons (Fsp3) is 0.250. The van der Waals surface area contributed by atoms with Gasteiger partial charge in [0.2, 0.25) is 5.82 Å². The van der Waals surface area contributed by atoms with Gasteiger partial charge in [0.1, 0.15) is 5.82 Å². The highest BCUT2D eigenvalue weighted by molar-refractivity contribution is 9.10. The first-order chi connectivity index (χ1) is 11.6. The van der Waals surface area contributed by atoms with Crippen LogP contribution in [0.1, 0.15) is 24.4 Å². The molecular weight excluding hydrogens is 376 g/mol. The highest BCUT2D eigenvalue weighted by Gasteiger charge is 2.18. The molecule has 126 valence electrons. The summed E-state index contributed by atoms with van der Waals surface area (Å²) in [5, 5.41) is 7.00. The summed E-state index contributed by atoms with van der Waals surface area (Å²) in [5.41, 5.74) is 7.12. The number of benzene rings is 1. The number of hydrogen-bond donors (Lipinski definition) is 2. The standard InChI is InChI=1S/C16H17BrN4O3/c1-3-23-10-5-4-9(8-12(10)22-2)14(18)16-19-15(20-21-16)11-6-7-13(17)24-11/h4-8,14H,3,18H2,1-2H3,(H,19,20,21)/t14-/m0/s1. The molecule has 0 aliphatic rings. The van der Waals surface area contributed by atoms with Crippen molar-refractivity contribution in [1.82, 2.24) is 15.2 Å². The molecule has 0 spiro atoms. The number of furan rings is 1. The van der Waals surface area contributed by atoms with Gasteiger partial charge in [-0.05, 0) is 52.7 Å². The molecule has 0 bridgehead atoms. The second kappa shape index (κ2) is 7.06. The third-order valence-corrected chi connectivity index (χ3v) is 3.86. The predicted octanol–water partition coefficient (Wildman–Crippen LogP) is 3.28. The average molecular weight is 393 g/mol. The second-order valence-corrected chi connectivity index (χ2v) is 5.75. The number of ether oxygens (including phenoxy) is 2. The second-order valence-electron chi connectivity index (χ2n) is 4.97. The van der Waals surface area contributed by atoms with Crippen LogP contribution in [-0.2, 0) is 0 Å². The number of nitrogens with one attached hydrogen (secondary N) is 1. The van der Waals surface area contributed by atoms with Gasteiger partial charge in [0.15, 0.2) is 21.9 Å². The van der Waals surface area contributed by atoms with Crippen molar-refractivity contribution in [3.8, 4) is 23.1 Å². The first kappa shape index (κ1) is 16.5. The van der Waals surface area contributed by atoms with Crippen molar-refractivity contribution in [2.75, 3.05) is 13.7 Å². The number of halogens is 1. The molecule has 0 fully saturated rings. The number of nitrogens with two attached hydrogens (primary N) is 1. The van der Waals surface area contributed by atoms with Gasteiger partial charge in [0.05, 0.1) is 19.8 Å². The zero-order chi connectivity index (χ0) is 17.1. The summed E-state index contributed by atoms with van der Waals surface area (Å²) in [6.07, 6.45) is 0. The highest BCUT2D eigenvalue weighted by atomic mass is 79.9. The predicted molar refractivity (Wildman–Crippen MR) is 92.0 cm³/mol. The smallest absolute Gasteiger partial charge is 0.217 e. The summed E-state index contributed by atoms with van der Waals surface area (Å²) in [7, 11) is 1.59. The first-order valence-corrected chi connectivity index (χ1v) is 8.16. The van der Waals surface area contributed by atoms with E-state index in [9.17, 15) is 0 Å². The van der Waals surface area contributed by atoms with Gasteiger partial charge in [-0.3, -0.25) is 5.10 Å². The van der Waals surface area contributed by atoms with Crippen molar-refractivity contribution in [1.29, 1.82) is 0 Å². The number of H-pyrrole nitrogens is 1. The van der Waals surface area contributed by atoms with Crippen molar-refractivity contribution in [2.45, 2.75) is 13.0 Å². The average Bonchev–Trinajstić information content (AvgIpc) is 3.23. The largest absolute Gasteiger partial charge is 0.493 e. The summed E-state index contributed by atoms with van der Waals surface area (Å²) in [4.78, 5) is 4.41. The summed E-state index contributed by atoms with van der Waals surface area (Å²) in [6.45, 7) is 2.48. The summed E-state index contributed by atoms with van der Waals surface area (Å²) in [6, 6.07) is 8.63. The van der Waals surface area contributed by atoms with Gasteiger partial charge in [-0.15, -0.1) is 5.10 Å². The normalized spacial score (nSPS) is 12.2. The first-order valence-electron chi connectivity index (χ1n) is 7.36. The lowest BCUT2D eigenvalue weighted by Crippen LogP contribution is -2.14. The van der Waals surface area contributed by atoms with Crippen LogP contribution in [0.5, 0.6) is 11.5 Å². The van der Waals surface area contributed by atoms with Gasteiger partial charge in [0.25, 0.3) is 0 Å². The molecule has 0 aliphatic heterocycles. The lowest BCUT2D eigenvalue weighted by molar-refractivity contribution is 0.310. The molecule has 0 amide bonds. The van der Waals surface area contributed by atoms with Crippen LogP contribution in [0, 0.1) is 0 Å². The van der Waals surface area contributed by atoms with Crippen molar-refractivity contribution in [3.63, 3.8) is 0 Å². The third-order valence-electron chi connectivity index (χ3n) is 3.44. The van der Waals surface area contributed by atoms with Crippen LogP contribution in [0.4, 0.5) is 0 Å². The van der Waals surface area contributed by atoms with Gasteiger partial charge in [-0.1, -0.05) is 6.07 Å². The molecule has 0 saturated heterocycles. The van der Waals surface area contributed by atoms with E-state index in [1.165, 1.54) is 0 Å². The van der Waals surface area contributed by atoms with Gasteiger partial charge >= 0.3 is 0 Å². The Balaban J connectivity index is 1.86. The van der Waals surface area contributed by atoms with Crippen LogP contribution in [0.3, 0.4) is 0 Å². The fourth-order valence-corrected chi connectivity index (χ4v) is 2.57. The van der Waals surface area contributed by atoms with E-state index in [2.05, 4.69) is 31.1 Å². The van der Waals surface area contributed by atoms with E-state index in [1.54, 1.807) is 19.2 Å². The number of nitrogens with zero attached hydrogens (tertiary/aromatic N) is 2. The zero-order valence-corrected chi connectivity index (χ0v) is 14.8. The molecule has 0 aliphatic carbocycles. The molecule has 3 N–H and O–H groups in total. The molecule has 2 aromatic heterocycles. The van der Waals surface area contributed by atoms with E-state index in [4.69, 9.17) is 19.6 Å². The maximum Gasteiger partial charge on any atom is 0.217 e. The summed E-state index contributed by atoms with van der Waals surface area (Å²) >= 11 is 3.25.